The number of rotatable bonds is 14. The topological polar surface area (TPSA) is 108 Å². The van der Waals surface area contributed by atoms with Crippen molar-refractivity contribution < 1.29 is 29.3 Å². The molecule has 0 aliphatic carbocycles. The third-order valence-electron chi connectivity index (χ3n) is 9.25. The van der Waals surface area contributed by atoms with Crippen LogP contribution < -0.4 is 5.32 Å². The second kappa shape index (κ2) is 18.1. The molecule has 3 aromatic carbocycles. The van der Waals surface area contributed by atoms with Gasteiger partial charge in [-0.15, -0.1) is 0 Å². The van der Waals surface area contributed by atoms with Gasteiger partial charge in [0.05, 0.1) is 18.8 Å². The first kappa shape index (κ1) is 34.8. The van der Waals surface area contributed by atoms with Crippen LogP contribution in [-0.2, 0) is 32.2 Å². The second-order valence-corrected chi connectivity index (χ2v) is 13.0. The number of carboxylic acid groups (broad SMARTS) is 1. The van der Waals surface area contributed by atoms with Crippen molar-refractivity contribution in [2.45, 2.75) is 102 Å². The molecule has 0 bridgehead atoms. The zero-order valence-electron chi connectivity index (χ0n) is 27.4. The number of aliphatic carboxylic acids is 1. The maximum Gasteiger partial charge on any atom is 0.303 e. The molecule has 3 N–H and O–H groups in total. The molecular weight excluding hydrogens is 592 g/mol. The van der Waals surface area contributed by atoms with E-state index < -0.39 is 12.3 Å². The van der Waals surface area contributed by atoms with Gasteiger partial charge in [-0.05, 0) is 72.7 Å². The van der Waals surface area contributed by atoms with E-state index in [9.17, 15) is 14.7 Å². The Balaban J connectivity index is 1.22. The Hall–Kier alpha value is -3.56. The summed E-state index contributed by atoms with van der Waals surface area (Å²) in [4.78, 5) is 25.5. The normalized spacial score (nSPS) is 20.7. The molecule has 3 atom stereocenters. The van der Waals surface area contributed by atoms with Gasteiger partial charge in [-0.3, -0.25) is 9.59 Å². The van der Waals surface area contributed by atoms with Crippen molar-refractivity contribution in [3.05, 3.63) is 95.1 Å². The third kappa shape index (κ3) is 11.0. The molecule has 47 heavy (non-hydrogen) atoms. The Bertz CT molecular complexity index is 1400. The first-order valence-electron chi connectivity index (χ1n) is 17.4. The van der Waals surface area contributed by atoms with Gasteiger partial charge in [0.25, 0.3) is 0 Å². The standard InChI is InChI=1S/C39H50N2O6/c42-28-29-14-16-32(17-15-29)36-25-35(27-41-22-7-2-1-3-8-23-41)46-39(47-36)33-20-18-31(19-21-33)34-11-9-10-30(24-34)26-40-37(43)12-5-4-6-13-38(44)45/h9-11,14-21,24,35-36,39,42H,1-8,12-13,22-23,25-28H2,(H,40,43)(H,44,45)/t35-,36+,39+/m1/s1. The van der Waals surface area contributed by atoms with E-state index in [0.717, 1.165) is 65.9 Å². The minimum Gasteiger partial charge on any atom is -0.481 e. The van der Waals surface area contributed by atoms with Gasteiger partial charge in [-0.25, -0.2) is 0 Å². The van der Waals surface area contributed by atoms with E-state index in [1.165, 1.54) is 32.1 Å². The Morgan fingerprint density at radius 3 is 2.19 bits per heavy atom. The molecule has 8 heteroatoms. The number of nitrogens with zero attached hydrogens (tertiary/aromatic N) is 1. The summed E-state index contributed by atoms with van der Waals surface area (Å²) in [5, 5.41) is 21.3. The summed E-state index contributed by atoms with van der Waals surface area (Å²) >= 11 is 0. The third-order valence-corrected chi connectivity index (χ3v) is 9.25. The number of carboxylic acids is 1. The first-order chi connectivity index (χ1) is 23.0. The number of hydrogen-bond acceptors (Lipinski definition) is 6. The lowest BCUT2D eigenvalue weighted by Gasteiger charge is -2.38. The molecule has 2 heterocycles. The van der Waals surface area contributed by atoms with Gasteiger partial charge in [-0.1, -0.05) is 92.4 Å². The molecule has 0 saturated carbocycles. The van der Waals surface area contributed by atoms with Gasteiger partial charge < -0.3 is 29.9 Å². The van der Waals surface area contributed by atoms with Gasteiger partial charge in [0.1, 0.15) is 0 Å². The van der Waals surface area contributed by atoms with Gasteiger partial charge >= 0.3 is 5.97 Å². The molecule has 0 unspecified atom stereocenters. The van der Waals surface area contributed by atoms with Crippen molar-refractivity contribution in [3.8, 4) is 11.1 Å². The van der Waals surface area contributed by atoms with Crippen molar-refractivity contribution in [2.75, 3.05) is 19.6 Å². The van der Waals surface area contributed by atoms with Gasteiger partial charge in [0.2, 0.25) is 5.91 Å². The van der Waals surface area contributed by atoms with Gasteiger partial charge in [0, 0.05) is 37.9 Å². The van der Waals surface area contributed by atoms with Crippen LogP contribution in [-0.4, -0.2) is 52.7 Å². The van der Waals surface area contributed by atoms with Crippen LogP contribution in [0.1, 0.15) is 105 Å². The number of aliphatic hydroxyl groups excluding tert-OH is 1. The second-order valence-electron chi connectivity index (χ2n) is 13.0. The summed E-state index contributed by atoms with van der Waals surface area (Å²) in [6.45, 7) is 3.61. The van der Waals surface area contributed by atoms with E-state index in [-0.39, 0.29) is 31.1 Å². The summed E-state index contributed by atoms with van der Waals surface area (Å²) in [5.74, 6) is -0.813. The summed E-state index contributed by atoms with van der Waals surface area (Å²) in [7, 11) is 0. The van der Waals surface area contributed by atoms with E-state index in [4.69, 9.17) is 14.6 Å². The number of nitrogens with one attached hydrogen (secondary N) is 1. The monoisotopic (exact) mass is 642 g/mol. The Morgan fingerprint density at radius 1 is 0.766 bits per heavy atom. The van der Waals surface area contributed by atoms with Crippen LogP contribution >= 0.6 is 0 Å². The molecule has 2 saturated heterocycles. The van der Waals surface area contributed by atoms with E-state index in [0.29, 0.717) is 25.8 Å². The predicted octanol–water partition coefficient (Wildman–Crippen LogP) is 7.31. The van der Waals surface area contributed by atoms with Gasteiger partial charge in [0.15, 0.2) is 6.29 Å². The number of carbonyl (C=O) groups excluding carboxylic acids is 1. The fraction of sp³-hybridized carbons (Fsp3) is 0.487. The van der Waals surface area contributed by atoms with E-state index >= 15 is 0 Å². The molecule has 1 amide bonds. The Labute approximate surface area is 279 Å². The Morgan fingerprint density at radius 2 is 1.47 bits per heavy atom. The summed E-state index contributed by atoms with van der Waals surface area (Å²) in [6, 6.07) is 24.6. The van der Waals surface area contributed by atoms with Crippen molar-refractivity contribution >= 4 is 11.9 Å². The number of carbonyl (C=O) groups is 2. The maximum atomic E-state index is 12.3. The molecule has 2 aliphatic heterocycles. The van der Waals surface area contributed by atoms with E-state index in [2.05, 4.69) is 58.7 Å². The van der Waals surface area contributed by atoms with Crippen LogP contribution in [0, 0.1) is 0 Å². The SMILES string of the molecule is O=C(O)CCCCCC(=O)NCc1cccc(-c2ccc([C@H]3O[C@@H](CN4CCCCCCC4)C[C@@H](c4ccc(CO)cc4)O3)cc2)c1. The zero-order chi connectivity index (χ0) is 32.8. The fourth-order valence-corrected chi connectivity index (χ4v) is 6.54. The molecular formula is C39H50N2O6. The van der Waals surface area contributed by atoms with Crippen molar-refractivity contribution in [2.24, 2.45) is 0 Å². The highest BCUT2D eigenvalue weighted by Gasteiger charge is 2.33. The van der Waals surface area contributed by atoms with Gasteiger partial charge in [-0.2, -0.15) is 0 Å². The largest absolute Gasteiger partial charge is 0.481 e. The number of ether oxygens (including phenoxy) is 2. The lowest BCUT2D eigenvalue weighted by molar-refractivity contribution is -0.253. The number of hydrogen-bond donors (Lipinski definition) is 3. The van der Waals surface area contributed by atoms with Crippen molar-refractivity contribution in [1.29, 1.82) is 0 Å². The predicted molar refractivity (Wildman–Crippen MR) is 182 cm³/mol. The van der Waals surface area contributed by atoms with Crippen molar-refractivity contribution in [3.63, 3.8) is 0 Å². The average molecular weight is 643 g/mol. The number of amides is 1. The number of likely N-dealkylation sites (tertiary alicyclic amines) is 1. The summed E-state index contributed by atoms with van der Waals surface area (Å²) in [5.41, 5.74) is 6.14. The molecule has 3 aromatic rings. The van der Waals surface area contributed by atoms with Crippen LogP contribution in [0.2, 0.25) is 0 Å². The molecule has 5 rings (SSSR count). The minimum absolute atomic E-state index is 0.0187. The van der Waals surface area contributed by atoms with E-state index in [1.807, 2.05) is 24.3 Å². The fourth-order valence-electron chi connectivity index (χ4n) is 6.54. The molecule has 0 aromatic heterocycles. The van der Waals surface area contributed by atoms with Crippen LogP contribution in [0.5, 0.6) is 0 Å². The molecule has 0 radical (unpaired) electrons. The highest BCUT2D eigenvalue weighted by molar-refractivity contribution is 5.76. The minimum atomic E-state index is -0.794. The molecule has 2 aliphatic rings. The van der Waals surface area contributed by atoms with Crippen molar-refractivity contribution in [1.82, 2.24) is 10.2 Å². The average Bonchev–Trinajstić information content (AvgIpc) is 3.08. The molecule has 252 valence electrons. The smallest absolute Gasteiger partial charge is 0.303 e. The Kier molecular flexibility index (Phi) is 13.4. The number of aliphatic hydroxyl groups is 1. The lowest BCUT2D eigenvalue weighted by Crippen LogP contribution is -2.40. The summed E-state index contributed by atoms with van der Waals surface area (Å²) < 4.78 is 13.2. The quantitative estimate of drug-likeness (QED) is 0.158. The molecule has 8 nitrogen and oxygen atoms in total. The van der Waals surface area contributed by atoms with Crippen LogP contribution in [0.15, 0.2) is 72.8 Å². The number of unbranched alkanes of at least 4 members (excludes halogenated alkanes) is 2. The highest BCUT2D eigenvalue weighted by Crippen LogP contribution is 2.39. The molecule has 2 fully saturated rings. The zero-order valence-corrected chi connectivity index (χ0v) is 27.4. The lowest BCUT2D eigenvalue weighted by atomic mass is 9.98. The van der Waals surface area contributed by atoms with Crippen LogP contribution in [0.3, 0.4) is 0 Å². The van der Waals surface area contributed by atoms with Crippen LogP contribution in [0.25, 0.3) is 11.1 Å². The van der Waals surface area contributed by atoms with Crippen LogP contribution in [0.4, 0.5) is 0 Å². The summed E-state index contributed by atoms with van der Waals surface area (Å²) in [6.07, 6.45) is 9.25. The van der Waals surface area contributed by atoms with E-state index in [1.54, 1.807) is 0 Å². The molecule has 0 spiro atoms. The maximum absolute atomic E-state index is 12.3. The first-order valence-corrected chi connectivity index (χ1v) is 17.4. The highest BCUT2D eigenvalue weighted by atomic mass is 16.7. The number of benzene rings is 3.